The lowest BCUT2D eigenvalue weighted by Crippen LogP contribution is -2.32. The molecular weight excluding hydrogens is 328 g/mol. The van der Waals surface area contributed by atoms with Gasteiger partial charge in [0.15, 0.2) is 5.65 Å². The maximum absolute atomic E-state index is 12.4. The number of carbonyl (C=O) groups excluding carboxylic acids is 1. The molecule has 0 aliphatic rings. The van der Waals surface area contributed by atoms with Gasteiger partial charge in [-0.3, -0.25) is 15.3 Å². The van der Waals surface area contributed by atoms with Crippen molar-refractivity contribution in [2.45, 2.75) is 0 Å². The number of amides is 1. The first kappa shape index (κ1) is 15.3. The Hall–Kier alpha value is -3.58. The average molecular weight is 340 g/mol. The van der Waals surface area contributed by atoms with E-state index >= 15 is 0 Å². The maximum atomic E-state index is 12.4. The number of nitrogens with one attached hydrogen (secondary N) is 2. The SMILES string of the molecule is N#C/C(=C/c1ccccc1)C(=O)Nn1/c(=N/N)sc2c(N)[nH]nc21. The van der Waals surface area contributed by atoms with E-state index in [1.165, 1.54) is 10.8 Å². The molecule has 3 rings (SSSR count). The maximum Gasteiger partial charge on any atom is 0.280 e. The number of hydrogen-bond donors (Lipinski definition) is 4. The fraction of sp³-hybridized carbons (Fsp3) is 0. The second-order valence-electron chi connectivity index (χ2n) is 4.66. The molecule has 2 aromatic heterocycles. The lowest BCUT2D eigenvalue weighted by Gasteiger charge is -2.05. The Morgan fingerprint density at radius 2 is 2.21 bits per heavy atom. The molecule has 0 unspecified atom stereocenters. The van der Waals surface area contributed by atoms with E-state index in [9.17, 15) is 10.1 Å². The smallest absolute Gasteiger partial charge is 0.280 e. The van der Waals surface area contributed by atoms with E-state index in [1.54, 1.807) is 12.1 Å². The van der Waals surface area contributed by atoms with Crippen LogP contribution < -0.4 is 21.8 Å². The van der Waals surface area contributed by atoms with Crippen molar-refractivity contribution in [1.29, 1.82) is 5.26 Å². The van der Waals surface area contributed by atoms with Crippen LogP contribution in [0.3, 0.4) is 0 Å². The number of nitriles is 1. The highest BCUT2D eigenvalue weighted by atomic mass is 32.1. The van der Waals surface area contributed by atoms with Crippen molar-refractivity contribution in [3.05, 3.63) is 46.3 Å². The van der Waals surface area contributed by atoms with E-state index in [0.717, 1.165) is 16.9 Å². The van der Waals surface area contributed by atoms with Crippen LogP contribution in [0, 0.1) is 11.3 Å². The van der Waals surface area contributed by atoms with Crippen molar-refractivity contribution in [2.24, 2.45) is 10.9 Å². The molecule has 1 aromatic carbocycles. The van der Waals surface area contributed by atoms with Crippen molar-refractivity contribution in [3.8, 4) is 6.07 Å². The lowest BCUT2D eigenvalue weighted by molar-refractivity contribution is -0.113. The molecule has 0 saturated carbocycles. The molecule has 0 fully saturated rings. The van der Waals surface area contributed by atoms with Gasteiger partial charge in [-0.05, 0) is 11.6 Å². The van der Waals surface area contributed by atoms with Crippen LogP contribution in [0.2, 0.25) is 0 Å². The summed E-state index contributed by atoms with van der Waals surface area (Å²) in [4.78, 5) is 12.7. The van der Waals surface area contributed by atoms with Crippen molar-refractivity contribution < 1.29 is 4.79 Å². The predicted octanol–water partition coefficient (Wildman–Crippen LogP) is 0.460. The summed E-state index contributed by atoms with van der Waals surface area (Å²) in [7, 11) is 0. The van der Waals surface area contributed by atoms with E-state index in [0.29, 0.717) is 21.0 Å². The Morgan fingerprint density at radius 1 is 1.46 bits per heavy atom. The van der Waals surface area contributed by atoms with Gasteiger partial charge in [0.05, 0.1) is 0 Å². The Balaban J connectivity index is 1.98. The highest BCUT2D eigenvalue weighted by Gasteiger charge is 2.16. The van der Waals surface area contributed by atoms with Crippen molar-refractivity contribution >= 4 is 39.5 Å². The van der Waals surface area contributed by atoms with Crippen molar-refractivity contribution in [2.75, 3.05) is 11.2 Å². The second-order valence-corrected chi connectivity index (χ2v) is 5.64. The third-order valence-corrected chi connectivity index (χ3v) is 4.20. The second kappa shape index (κ2) is 6.27. The first-order valence-corrected chi connectivity index (χ1v) is 7.53. The number of anilines is 1. The highest BCUT2D eigenvalue weighted by Crippen LogP contribution is 2.19. The van der Waals surface area contributed by atoms with Crippen molar-refractivity contribution in [1.82, 2.24) is 14.9 Å². The molecule has 0 aliphatic heterocycles. The number of benzene rings is 1. The number of fused-ring (bicyclic) bond motifs is 1. The first-order chi connectivity index (χ1) is 11.6. The summed E-state index contributed by atoms with van der Waals surface area (Å²) in [5, 5.41) is 19.5. The minimum atomic E-state index is -0.613. The zero-order valence-electron chi connectivity index (χ0n) is 12.2. The number of aromatic nitrogens is 3. The number of H-pyrrole nitrogens is 1. The standard InChI is InChI=1S/C14H12N8OS/c15-7-9(6-8-4-2-1-3-5-8)13(23)21-22-12-10(11(16)19-20-12)24-14(22)18-17/h1-6H,17H2,(H,21,23)(H3,16,19,20)/b9-6-,18-14-. The van der Waals surface area contributed by atoms with Gasteiger partial charge in [-0.2, -0.15) is 15.5 Å². The normalized spacial score (nSPS) is 12.3. The van der Waals surface area contributed by atoms with Crippen LogP contribution >= 0.6 is 11.3 Å². The molecular formula is C14H12N8OS. The van der Waals surface area contributed by atoms with E-state index in [2.05, 4.69) is 20.7 Å². The Morgan fingerprint density at radius 3 is 2.88 bits per heavy atom. The molecule has 1 amide bonds. The molecule has 0 radical (unpaired) electrons. The van der Waals surface area contributed by atoms with Crippen LogP contribution in [0.25, 0.3) is 16.4 Å². The van der Waals surface area contributed by atoms with Gasteiger partial charge in [0.2, 0.25) is 4.80 Å². The number of aromatic amines is 1. The fourth-order valence-electron chi connectivity index (χ4n) is 2.03. The van der Waals surface area contributed by atoms with Crippen LogP contribution in [0.1, 0.15) is 5.56 Å². The summed E-state index contributed by atoms with van der Waals surface area (Å²) in [6.07, 6.45) is 1.48. The largest absolute Gasteiger partial charge is 0.383 e. The summed E-state index contributed by atoms with van der Waals surface area (Å²) in [6, 6.07) is 10.9. The first-order valence-electron chi connectivity index (χ1n) is 6.71. The quantitative estimate of drug-likeness (QED) is 0.236. The molecule has 0 spiro atoms. The summed E-state index contributed by atoms with van der Waals surface area (Å²) >= 11 is 1.16. The van der Waals surface area contributed by atoms with Gasteiger partial charge in [0.25, 0.3) is 5.91 Å². The molecule has 6 N–H and O–H groups in total. The zero-order valence-corrected chi connectivity index (χ0v) is 13.0. The monoisotopic (exact) mass is 340 g/mol. The molecule has 0 saturated heterocycles. The molecule has 24 heavy (non-hydrogen) atoms. The van der Waals surface area contributed by atoms with Gasteiger partial charge in [0, 0.05) is 0 Å². The minimum Gasteiger partial charge on any atom is -0.383 e. The molecule has 0 atom stereocenters. The van der Waals surface area contributed by atoms with Crippen LogP contribution in [-0.4, -0.2) is 20.8 Å². The number of nitrogens with two attached hydrogens (primary N) is 2. The van der Waals surface area contributed by atoms with E-state index in [-0.39, 0.29) is 5.57 Å². The van der Waals surface area contributed by atoms with Gasteiger partial charge < -0.3 is 11.6 Å². The molecule has 10 heteroatoms. The number of thiazole rings is 1. The number of hydrogen-bond acceptors (Lipinski definition) is 7. The summed E-state index contributed by atoms with van der Waals surface area (Å²) in [6.45, 7) is 0. The lowest BCUT2D eigenvalue weighted by atomic mass is 10.1. The van der Waals surface area contributed by atoms with Crippen LogP contribution in [0.15, 0.2) is 41.0 Å². The molecule has 120 valence electrons. The van der Waals surface area contributed by atoms with E-state index < -0.39 is 5.91 Å². The van der Waals surface area contributed by atoms with Gasteiger partial charge in [0.1, 0.15) is 22.2 Å². The average Bonchev–Trinajstić information content (AvgIpc) is 3.13. The zero-order chi connectivity index (χ0) is 17.1. The number of carbonyl (C=O) groups is 1. The molecule has 3 aromatic rings. The summed E-state index contributed by atoms with van der Waals surface area (Å²) < 4.78 is 1.88. The van der Waals surface area contributed by atoms with Gasteiger partial charge in [-0.15, -0.1) is 0 Å². The summed E-state index contributed by atoms with van der Waals surface area (Å²) in [5.41, 5.74) is 9.34. The van der Waals surface area contributed by atoms with Crippen LogP contribution in [0.5, 0.6) is 0 Å². The van der Waals surface area contributed by atoms with Crippen molar-refractivity contribution in [3.63, 3.8) is 0 Å². The summed E-state index contributed by atoms with van der Waals surface area (Å²) in [5.74, 6) is 5.06. The minimum absolute atomic E-state index is 0.0699. The van der Waals surface area contributed by atoms with Crippen LogP contribution in [-0.2, 0) is 4.79 Å². The van der Waals surface area contributed by atoms with E-state index in [4.69, 9.17) is 11.6 Å². The third-order valence-electron chi connectivity index (χ3n) is 3.13. The topological polar surface area (TPSA) is 151 Å². The van der Waals surface area contributed by atoms with Gasteiger partial charge in [-0.25, -0.2) is 4.68 Å². The number of nitrogen functional groups attached to an aromatic ring is 1. The fourth-order valence-corrected chi connectivity index (χ4v) is 2.87. The Kier molecular flexibility index (Phi) is 4.00. The molecule has 0 aliphatic carbocycles. The van der Waals surface area contributed by atoms with E-state index in [1.807, 2.05) is 24.3 Å². The van der Waals surface area contributed by atoms with Gasteiger partial charge >= 0.3 is 0 Å². The molecule has 9 nitrogen and oxygen atoms in total. The van der Waals surface area contributed by atoms with Crippen LogP contribution in [0.4, 0.5) is 5.82 Å². The highest BCUT2D eigenvalue weighted by molar-refractivity contribution is 7.17. The molecule has 0 bridgehead atoms. The number of nitrogens with zero attached hydrogens (tertiary/aromatic N) is 4. The number of rotatable bonds is 3. The Labute approximate surface area is 139 Å². The third kappa shape index (κ3) is 2.71. The Bertz CT molecular complexity index is 1030. The molecule has 2 heterocycles. The van der Waals surface area contributed by atoms with Gasteiger partial charge in [-0.1, -0.05) is 41.7 Å². The predicted molar refractivity (Wildman–Crippen MR) is 90.5 cm³/mol.